The van der Waals surface area contributed by atoms with Crippen LogP contribution < -0.4 is 10.5 Å². The first-order valence-corrected chi connectivity index (χ1v) is 6.65. The fourth-order valence-corrected chi connectivity index (χ4v) is 1.98. The number of para-hydroxylation sites is 1. The van der Waals surface area contributed by atoms with Crippen molar-refractivity contribution in [2.45, 2.75) is 19.8 Å². The van der Waals surface area contributed by atoms with E-state index in [1.807, 2.05) is 36.4 Å². The van der Waals surface area contributed by atoms with Crippen LogP contribution in [0.3, 0.4) is 0 Å². The molecule has 0 saturated heterocycles. The van der Waals surface area contributed by atoms with Gasteiger partial charge in [0.2, 0.25) is 0 Å². The summed E-state index contributed by atoms with van der Waals surface area (Å²) in [5, 5.41) is 0. The Kier molecular flexibility index (Phi) is 4.17. The van der Waals surface area contributed by atoms with Gasteiger partial charge in [-0.05, 0) is 35.7 Å². The van der Waals surface area contributed by atoms with E-state index in [1.165, 1.54) is 5.56 Å². The monoisotopic (exact) mass is 271 g/mol. The van der Waals surface area contributed by atoms with Crippen molar-refractivity contribution >= 4 is 17.2 Å². The Hall–Kier alpha value is -1.87. The van der Waals surface area contributed by atoms with E-state index in [2.05, 4.69) is 26.0 Å². The summed E-state index contributed by atoms with van der Waals surface area (Å²) >= 11 is 5.02. The third kappa shape index (κ3) is 3.32. The molecule has 0 atom stereocenters. The number of benzene rings is 2. The van der Waals surface area contributed by atoms with Crippen molar-refractivity contribution in [2.24, 2.45) is 5.73 Å². The largest absolute Gasteiger partial charge is 0.457 e. The molecule has 0 aliphatic carbocycles. The molecule has 19 heavy (non-hydrogen) atoms. The van der Waals surface area contributed by atoms with Crippen molar-refractivity contribution < 1.29 is 4.74 Å². The lowest BCUT2D eigenvalue weighted by Crippen LogP contribution is -2.10. The Labute approximate surface area is 119 Å². The molecule has 0 aliphatic heterocycles. The van der Waals surface area contributed by atoms with Gasteiger partial charge in [-0.25, -0.2) is 0 Å². The van der Waals surface area contributed by atoms with Crippen LogP contribution in [0.1, 0.15) is 30.9 Å². The van der Waals surface area contributed by atoms with E-state index in [1.54, 1.807) is 0 Å². The maximum absolute atomic E-state index is 5.84. The molecule has 0 bridgehead atoms. The maximum Gasteiger partial charge on any atom is 0.137 e. The SMILES string of the molecule is CC(C)c1ccc(Oc2ccccc2C(N)=S)cc1. The molecule has 2 aromatic rings. The lowest BCUT2D eigenvalue weighted by molar-refractivity contribution is 0.481. The number of hydrogen-bond acceptors (Lipinski definition) is 2. The second kappa shape index (κ2) is 5.85. The minimum Gasteiger partial charge on any atom is -0.457 e. The molecule has 0 radical (unpaired) electrons. The predicted octanol–water partition coefficient (Wildman–Crippen LogP) is 4.24. The van der Waals surface area contributed by atoms with Crippen LogP contribution in [0.15, 0.2) is 48.5 Å². The molecule has 0 aromatic heterocycles. The molecular weight excluding hydrogens is 254 g/mol. The molecule has 0 fully saturated rings. The van der Waals surface area contributed by atoms with Gasteiger partial charge in [-0.2, -0.15) is 0 Å². The number of rotatable bonds is 4. The van der Waals surface area contributed by atoms with Crippen molar-refractivity contribution in [3.8, 4) is 11.5 Å². The Balaban J connectivity index is 2.24. The zero-order valence-corrected chi connectivity index (χ0v) is 11.9. The molecule has 2 nitrogen and oxygen atoms in total. The fraction of sp³-hybridized carbons (Fsp3) is 0.188. The van der Waals surface area contributed by atoms with Crippen LogP contribution in [0.5, 0.6) is 11.5 Å². The smallest absolute Gasteiger partial charge is 0.137 e. The highest BCUT2D eigenvalue weighted by molar-refractivity contribution is 7.80. The lowest BCUT2D eigenvalue weighted by Gasteiger charge is -2.11. The summed E-state index contributed by atoms with van der Waals surface area (Å²) in [6.45, 7) is 4.33. The van der Waals surface area contributed by atoms with Crippen LogP contribution in [0.25, 0.3) is 0 Å². The minimum absolute atomic E-state index is 0.342. The molecule has 0 saturated carbocycles. The zero-order chi connectivity index (χ0) is 13.8. The van der Waals surface area contributed by atoms with Gasteiger partial charge in [0.05, 0.1) is 5.56 Å². The van der Waals surface area contributed by atoms with Gasteiger partial charge in [-0.1, -0.05) is 50.3 Å². The molecule has 98 valence electrons. The highest BCUT2D eigenvalue weighted by Crippen LogP contribution is 2.26. The predicted molar refractivity (Wildman–Crippen MR) is 82.9 cm³/mol. The van der Waals surface area contributed by atoms with Gasteiger partial charge in [0, 0.05) is 0 Å². The zero-order valence-electron chi connectivity index (χ0n) is 11.1. The average Bonchev–Trinajstić information content (AvgIpc) is 2.39. The topological polar surface area (TPSA) is 35.2 Å². The highest BCUT2D eigenvalue weighted by Gasteiger charge is 2.07. The van der Waals surface area contributed by atoms with Gasteiger partial charge < -0.3 is 10.5 Å². The first-order chi connectivity index (χ1) is 9.08. The molecule has 0 aliphatic rings. The summed E-state index contributed by atoms with van der Waals surface area (Å²) in [4.78, 5) is 0.342. The third-order valence-corrected chi connectivity index (χ3v) is 3.15. The molecule has 3 heteroatoms. The van der Waals surface area contributed by atoms with Crippen LogP contribution in [0.4, 0.5) is 0 Å². The van der Waals surface area contributed by atoms with Gasteiger partial charge in [-0.15, -0.1) is 0 Å². The number of thiocarbonyl (C=S) groups is 1. The van der Waals surface area contributed by atoms with E-state index < -0.39 is 0 Å². The van der Waals surface area contributed by atoms with E-state index in [-0.39, 0.29) is 0 Å². The summed E-state index contributed by atoms with van der Waals surface area (Å²) in [5.74, 6) is 1.98. The number of nitrogens with two attached hydrogens (primary N) is 1. The van der Waals surface area contributed by atoms with Crippen LogP contribution in [0, 0.1) is 0 Å². The fourth-order valence-electron chi connectivity index (χ4n) is 1.81. The van der Waals surface area contributed by atoms with Gasteiger partial charge in [0.1, 0.15) is 16.5 Å². The van der Waals surface area contributed by atoms with Gasteiger partial charge in [-0.3, -0.25) is 0 Å². The Morgan fingerprint density at radius 3 is 2.26 bits per heavy atom. The van der Waals surface area contributed by atoms with Crippen molar-refractivity contribution in [3.05, 3.63) is 59.7 Å². The van der Waals surface area contributed by atoms with E-state index >= 15 is 0 Å². The molecular formula is C16H17NOS. The molecule has 0 spiro atoms. The number of hydrogen-bond donors (Lipinski definition) is 1. The summed E-state index contributed by atoms with van der Waals surface area (Å²) in [5.41, 5.74) is 7.73. The standard InChI is InChI=1S/C16H17NOS/c1-11(2)12-7-9-13(10-8-12)18-15-6-4-3-5-14(15)16(17)19/h3-11H,1-2H3,(H2,17,19). The summed E-state index contributed by atoms with van der Waals surface area (Å²) < 4.78 is 5.84. The van der Waals surface area contributed by atoms with Crippen LogP contribution in [-0.4, -0.2) is 4.99 Å². The Morgan fingerprint density at radius 2 is 1.68 bits per heavy atom. The second-order valence-corrected chi connectivity index (χ2v) is 5.13. The first kappa shape index (κ1) is 13.6. The quantitative estimate of drug-likeness (QED) is 0.845. The van der Waals surface area contributed by atoms with Crippen molar-refractivity contribution in [3.63, 3.8) is 0 Å². The molecule has 0 unspecified atom stereocenters. The molecule has 2 rings (SSSR count). The normalized spacial score (nSPS) is 10.5. The lowest BCUT2D eigenvalue weighted by atomic mass is 10.0. The molecule has 0 amide bonds. The van der Waals surface area contributed by atoms with Crippen molar-refractivity contribution in [2.75, 3.05) is 0 Å². The van der Waals surface area contributed by atoms with E-state index in [0.717, 1.165) is 11.3 Å². The van der Waals surface area contributed by atoms with Crippen LogP contribution in [0.2, 0.25) is 0 Å². The van der Waals surface area contributed by atoms with E-state index in [4.69, 9.17) is 22.7 Å². The van der Waals surface area contributed by atoms with Crippen LogP contribution in [-0.2, 0) is 0 Å². The van der Waals surface area contributed by atoms with E-state index in [0.29, 0.717) is 16.7 Å². The van der Waals surface area contributed by atoms with Crippen molar-refractivity contribution in [1.82, 2.24) is 0 Å². The molecule has 0 heterocycles. The highest BCUT2D eigenvalue weighted by atomic mass is 32.1. The van der Waals surface area contributed by atoms with E-state index in [9.17, 15) is 0 Å². The maximum atomic E-state index is 5.84. The summed E-state index contributed by atoms with van der Waals surface area (Å²) in [6, 6.07) is 15.6. The second-order valence-electron chi connectivity index (χ2n) is 4.69. The Morgan fingerprint density at radius 1 is 1.05 bits per heavy atom. The molecule has 2 N–H and O–H groups in total. The summed E-state index contributed by atoms with van der Waals surface area (Å²) in [6.07, 6.45) is 0. The van der Waals surface area contributed by atoms with Gasteiger partial charge in [0.25, 0.3) is 0 Å². The van der Waals surface area contributed by atoms with Gasteiger partial charge >= 0.3 is 0 Å². The summed E-state index contributed by atoms with van der Waals surface area (Å²) in [7, 11) is 0. The average molecular weight is 271 g/mol. The third-order valence-electron chi connectivity index (χ3n) is 2.93. The molecule has 2 aromatic carbocycles. The Bertz CT molecular complexity index is 576. The number of ether oxygens (including phenoxy) is 1. The first-order valence-electron chi connectivity index (χ1n) is 6.24. The van der Waals surface area contributed by atoms with Crippen LogP contribution >= 0.6 is 12.2 Å². The minimum atomic E-state index is 0.342. The van der Waals surface area contributed by atoms with Gasteiger partial charge in [0.15, 0.2) is 0 Å². The van der Waals surface area contributed by atoms with Crippen molar-refractivity contribution in [1.29, 1.82) is 0 Å².